The van der Waals surface area contributed by atoms with Gasteiger partial charge in [0.25, 0.3) is 11.5 Å². The Morgan fingerprint density at radius 1 is 1.00 bits per heavy atom. The van der Waals surface area contributed by atoms with Gasteiger partial charge in [-0.3, -0.25) is 14.7 Å². The number of aryl methyl sites for hydroxylation is 1. The van der Waals surface area contributed by atoms with Gasteiger partial charge >= 0.3 is 18.4 Å². The van der Waals surface area contributed by atoms with Crippen LogP contribution in [-0.2, 0) is 28.9 Å². The molecule has 0 saturated carbocycles. The van der Waals surface area contributed by atoms with Crippen LogP contribution in [0.5, 0.6) is 17.4 Å². The van der Waals surface area contributed by atoms with Crippen LogP contribution in [-0.4, -0.2) is 51.4 Å². The van der Waals surface area contributed by atoms with Crippen LogP contribution in [0.1, 0.15) is 42.5 Å². The summed E-state index contributed by atoms with van der Waals surface area (Å²) >= 11 is 0. The number of aromatic nitrogens is 2. The van der Waals surface area contributed by atoms with Gasteiger partial charge in [0, 0.05) is 29.6 Å². The Morgan fingerprint density at radius 3 is 2.28 bits per heavy atom. The number of methoxy groups -OCH3 is 1. The van der Waals surface area contributed by atoms with Crippen molar-refractivity contribution in [2.75, 3.05) is 7.11 Å². The number of amides is 3. The smallest absolute Gasteiger partial charge is 0.430 e. The van der Waals surface area contributed by atoms with E-state index in [1.54, 1.807) is 19.1 Å². The predicted molar refractivity (Wildman–Crippen MR) is 138 cm³/mol. The Kier molecular flexibility index (Phi) is 8.33. The van der Waals surface area contributed by atoms with Crippen molar-refractivity contribution in [3.63, 3.8) is 0 Å². The molecule has 0 radical (unpaired) electrons. The summed E-state index contributed by atoms with van der Waals surface area (Å²) in [5, 5.41) is 12.4. The first kappa shape index (κ1) is 31.5. The second kappa shape index (κ2) is 11.4. The van der Waals surface area contributed by atoms with Gasteiger partial charge in [-0.2, -0.15) is 26.3 Å². The molecule has 43 heavy (non-hydrogen) atoms. The summed E-state index contributed by atoms with van der Waals surface area (Å²) in [5.41, 5.74) is -7.15. The Labute approximate surface area is 241 Å². The maximum absolute atomic E-state index is 13.4. The first-order valence-corrected chi connectivity index (χ1v) is 12.8. The number of nitrogens with zero attached hydrogens (tertiary/aromatic N) is 3. The number of hydrogen-bond donors (Lipinski definition) is 2. The highest BCUT2D eigenvalue weighted by molar-refractivity contribution is 6.07. The number of nitrogens with one attached hydrogen (secondary N) is 1. The second-order valence-electron chi connectivity index (χ2n) is 9.95. The van der Waals surface area contributed by atoms with Crippen LogP contribution in [0, 0.1) is 0 Å². The summed E-state index contributed by atoms with van der Waals surface area (Å²) in [4.78, 5) is 35.1. The minimum Gasteiger partial charge on any atom is -0.481 e. The number of ether oxygens (including phenoxy) is 2. The minimum absolute atomic E-state index is 0.0182. The zero-order chi connectivity index (χ0) is 31.8. The molecule has 1 saturated heterocycles. The molecule has 230 valence electrons. The van der Waals surface area contributed by atoms with E-state index < -0.39 is 41.0 Å². The van der Waals surface area contributed by atoms with Crippen LogP contribution in [0.4, 0.5) is 31.1 Å². The summed E-state index contributed by atoms with van der Waals surface area (Å²) in [5.74, 6) is -0.278. The van der Waals surface area contributed by atoms with E-state index in [4.69, 9.17) is 9.47 Å². The number of aliphatic hydroxyl groups is 1. The van der Waals surface area contributed by atoms with Crippen LogP contribution in [0.15, 0.2) is 55.0 Å². The molecule has 1 fully saturated rings. The van der Waals surface area contributed by atoms with Crippen molar-refractivity contribution in [3.8, 4) is 17.4 Å². The average molecular weight is 613 g/mol. The summed E-state index contributed by atoms with van der Waals surface area (Å²) in [7, 11) is 1.43. The number of imide groups is 1. The van der Waals surface area contributed by atoms with E-state index in [0.717, 1.165) is 11.0 Å². The molecule has 3 amide bonds. The maximum Gasteiger partial charge on any atom is 0.430 e. The van der Waals surface area contributed by atoms with E-state index in [0.29, 0.717) is 35.6 Å². The molecule has 0 spiro atoms. The van der Waals surface area contributed by atoms with Gasteiger partial charge in [-0.25, -0.2) is 9.78 Å². The quantitative estimate of drug-likeness (QED) is 0.242. The molecule has 15 heteroatoms. The van der Waals surface area contributed by atoms with Crippen molar-refractivity contribution in [1.29, 1.82) is 0 Å². The first-order chi connectivity index (χ1) is 20.0. The van der Waals surface area contributed by atoms with Gasteiger partial charge in [0.1, 0.15) is 17.0 Å². The van der Waals surface area contributed by atoms with Gasteiger partial charge < -0.3 is 19.9 Å². The third-order valence-electron chi connectivity index (χ3n) is 6.95. The highest BCUT2D eigenvalue weighted by Crippen LogP contribution is 2.50. The molecule has 1 aliphatic rings. The Balaban J connectivity index is 1.58. The van der Waals surface area contributed by atoms with Gasteiger partial charge in [0.15, 0.2) is 0 Å². The number of urea groups is 1. The fourth-order valence-corrected chi connectivity index (χ4v) is 4.61. The second-order valence-corrected chi connectivity index (χ2v) is 9.95. The number of hydrogen-bond acceptors (Lipinski definition) is 7. The molecular formula is C28H26F6N4O5. The van der Waals surface area contributed by atoms with Crippen molar-refractivity contribution < 1.29 is 50.5 Å². The SMILES string of the molecule is CCCc1cc(C(O)(C(F)(F)F)C(F)(F)F)ccc1Oc1cncc(CN2C(=O)NC(C)(c3ccc(OC)nc3)C2=O)c1. The van der Waals surface area contributed by atoms with Crippen molar-refractivity contribution in [2.24, 2.45) is 0 Å². The minimum atomic E-state index is -6.03. The largest absolute Gasteiger partial charge is 0.481 e. The van der Waals surface area contributed by atoms with E-state index in [1.807, 2.05) is 0 Å². The zero-order valence-corrected chi connectivity index (χ0v) is 23.0. The van der Waals surface area contributed by atoms with Crippen molar-refractivity contribution in [2.45, 2.75) is 56.7 Å². The first-order valence-electron chi connectivity index (χ1n) is 12.8. The number of rotatable bonds is 9. The van der Waals surface area contributed by atoms with Gasteiger partial charge in [0.05, 0.1) is 19.9 Å². The molecule has 3 heterocycles. The van der Waals surface area contributed by atoms with E-state index >= 15 is 0 Å². The Hall–Kier alpha value is -4.40. The number of alkyl halides is 6. The van der Waals surface area contributed by atoms with Gasteiger partial charge in [-0.05, 0) is 48.7 Å². The fourth-order valence-electron chi connectivity index (χ4n) is 4.61. The lowest BCUT2D eigenvalue weighted by Crippen LogP contribution is -2.53. The van der Waals surface area contributed by atoms with Crippen LogP contribution >= 0.6 is 0 Å². The highest BCUT2D eigenvalue weighted by Gasteiger charge is 2.71. The molecule has 2 aromatic heterocycles. The van der Waals surface area contributed by atoms with E-state index in [9.17, 15) is 41.0 Å². The lowest BCUT2D eigenvalue weighted by atomic mass is 9.90. The van der Waals surface area contributed by atoms with Crippen LogP contribution in [0.3, 0.4) is 0 Å². The number of pyridine rings is 2. The molecule has 9 nitrogen and oxygen atoms in total. The van der Waals surface area contributed by atoms with E-state index in [-0.39, 0.29) is 30.0 Å². The molecule has 0 aliphatic carbocycles. The number of benzene rings is 1. The summed E-state index contributed by atoms with van der Waals surface area (Å²) < 4.78 is 91.3. The highest BCUT2D eigenvalue weighted by atomic mass is 19.4. The van der Waals surface area contributed by atoms with Crippen LogP contribution < -0.4 is 14.8 Å². The standard InChI is InChI=1S/C28H26F6N4O5/c1-4-5-17-11-18(26(41,27(29,30)31)28(32,33)34)6-8-21(17)43-20-10-16(12-35-14-20)15-38-23(39)25(2,37-24(38)40)19-7-9-22(42-3)36-13-19/h6-14,41H,4-5,15H2,1-3H3,(H,37,40). The third-order valence-corrected chi connectivity index (χ3v) is 6.95. The summed E-state index contributed by atoms with van der Waals surface area (Å²) in [6.45, 7) is 2.96. The topological polar surface area (TPSA) is 114 Å². The molecule has 1 unspecified atom stereocenters. The van der Waals surface area contributed by atoms with Crippen molar-refractivity contribution in [3.05, 3.63) is 77.2 Å². The molecule has 1 aliphatic heterocycles. The number of carbonyl (C=O) groups excluding carboxylic acids is 2. The van der Waals surface area contributed by atoms with Crippen molar-refractivity contribution >= 4 is 11.9 Å². The van der Waals surface area contributed by atoms with Crippen LogP contribution in [0.2, 0.25) is 0 Å². The summed E-state index contributed by atoms with van der Waals surface area (Å²) in [6, 6.07) is 5.88. The molecule has 1 atom stereocenters. The number of carbonyl (C=O) groups is 2. The normalized spacial score (nSPS) is 17.7. The van der Waals surface area contributed by atoms with E-state index in [2.05, 4.69) is 15.3 Å². The average Bonchev–Trinajstić information content (AvgIpc) is 3.16. The lowest BCUT2D eigenvalue weighted by Gasteiger charge is -2.33. The molecule has 3 aromatic rings. The number of halogens is 6. The zero-order valence-electron chi connectivity index (χ0n) is 23.0. The molecular weight excluding hydrogens is 586 g/mol. The van der Waals surface area contributed by atoms with E-state index in [1.165, 1.54) is 38.7 Å². The molecule has 2 N–H and O–H groups in total. The van der Waals surface area contributed by atoms with Crippen LogP contribution in [0.25, 0.3) is 0 Å². The fraction of sp³-hybridized carbons (Fsp3) is 0.357. The molecule has 1 aromatic carbocycles. The van der Waals surface area contributed by atoms with Gasteiger partial charge in [-0.15, -0.1) is 0 Å². The predicted octanol–water partition coefficient (Wildman–Crippen LogP) is 5.51. The van der Waals surface area contributed by atoms with Crippen molar-refractivity contribution in [1.82, 2.24) is 20.2 Å². The monoisotopic (exact) mass is 612 g/mol. The lowest BCUT2D eigenvalue weighted by molar-refractivity contribution is -0.376. The maximum atomic E-state index is 13.4. The van der Waals surface area contributed by atoms with Gasteiger partial charge in [-0.1, -0.05) is 19.4 Å². The molecule has 0 bridgehead atoms. The Bertz CT molecular complexity index is 1500. The van der Waals surface area contributed by atoms with Gasteiger partial charge in [0.2, 0.25) is 5.88 Å². The third kappa shape index (κ3) is 5.81. The summed E-state index contributed by atoms with van der Waals surface area (Å²) in [6.07, 6.45) is -7.69. The Morgan fingerprint density at radius 2 is 1.70 bits per heavy atom. The molecule has 4 rings (SSSR count).